The summed E-state index contributed by atoms with van der Waals surface area (Å²) >= 11 is 0. The smallest absolute Gasteiger partial charge is 0.220 e. The molecule has 2 unspecified atom stereocenters. The molecule has 0 aromatic heterocycles. The molecule has 0 spiro atoms. The molecule has 1 rings (SSSR count). The Labute approximate surface area is 79.4 Å². The third-order valence-electron chi connectivity index (χ3n) is 1.71. The van der Waals surface area contributed by atoms with Gasteiger partial charge in [-0.1, -0.05) is 0 Å². The Bertz CT molecular complexity index is 178. The average molecular weight is 211 g/mol. The summed E-state index contributed by atoms with van der Waals surface area (Å²) in [5, 5.41) is 45.7. The van der Waals surface area contributed by atoms with Gasteiger partial charge in [-0.25, -0.2) is 0 Å². The van der Waals surface area contributed by atoms with E-state index in [1.165, 1.54) is 0 Å². The summed E-state index contributed by atoms with van der Waals surface area (Å²) in [4.78, 5) is 0. The number of hydrogen-bond acceptors (Lipinski definition) is 9. The Kier molecular flexibility index (Phi) is 3.71. The number of hydrogen-bond donors (Lipinski definition) is 5. The molecule has 0 amide bonds. The Hall–Kier alpha value is -0.360. The summed E-state index contributed by atoms with van der Waals surface area (Å²) in [5.74, 6) is 0. The number of aliphatic hydroxyl groups is 2. The van der Waals surface area contributed by atoms with E-state index >= 15 is 0 Å². The maximum atomic E-state index is 9.17. The topological polar surface area (TPSA) is 120 Å². The van der Waals surface area contributed by atoms with Crippen molar-refractivity contribution in [3.05, 3.63) is 0 Å². The van der Waals surface area contributed by atoms with Crippen LogP contribution in [0.25, 0.3) is 0 Å². The third kappa shape index (κ3) is 1.86. The van der Waals surface area contributed by atoms with Crippen molar-refractivity contribution < 1.29 is 30.6 Å². The lowest BCUT2D eigenvalue weighted by atomic mass is 10.6. The van der Waals surface area contributed by atoms with Crippen LogP contribution in [0.1, 0.15) is 6.92 Å². The maximum Gasteiger partial charge on any atom is 0.220 e. The first-order valence-electron chi connectivity index (χ1n) is 3.90. The molecular formula is C5H13N3O6. The van der Waals surface area contributed by atoms with Crippen LogP contribution in [-0.4, -0.2) is 66.7 Å². The average Bonchev–Trinajstić information content (AvgIpc) is 2.19. The predicted octanol–water partition coefficient (Wildman–Crippen LogP) is -2.05. The van der Waals surface area contributed by atoms with Crippen LogP contribution in [0.3, 0.4) is 0 Å². The lowest BCUT2D eigenvalue weighted by Gasteiger charge is -2.44. The van der Waals surface area contributed by atoms with E-state index in [1.54, 1.807) is 6.92 Å². The van der Waals surface area contributed by atoms with Gasteiger partial charge in [0.15, 0.2) is 0 Å². The summed E-state index contributed by atoms with van der Waals surface area (Å²) in [6.45, 7) is 1.72. The standard InChI is InChI=1S/C5H13N3O6/c1-2-14-5-7(12)3(9)6(11)4(10)8(5)13/h3-5,9-13H,2H2,1H3. The molecule has 14 heavy (non-hydrogen) atoms. The van der Waals surface area contributed by atoms with E-state index in [0.29, 0.717) is 0 Å². The molecule has 5 N–H and O–H groups in total. The lowest BCUT2D eigenvalue weighted by molar-refractivity contribution is -0.515. The second-order valence-electron chi connectivity index (χ2n) is 2.61. The second-order valence-corrected chi connectivity index (χ2v) is 2.61. The van der Waals surface area contributed by atoms with Crippen molar-refractivity contribution in [2.24, 2.45) is 0 Å². The van der Waals surface area contributed by atoms with Crippen molar-refractivity contribution in [2.75, 3.05) is 6.61 Å². The van der Waals surface area contributed by atoms with Gasteiger partial charge in [-0.05, 0) is 6.92 Å². The molecule has 1 saturated heterocycles. The largest absolute Gasteiger partial charge is 0.362 e. The van der Waals surface area contributed by atoms with Gasteiger partial charge >= 0.3 is 0 Å². The highest BCUT2D eigenvalue weighted by molar-refractivity contribution is 4.62. The number of hydroxylamine groups is 6. The van der Waals surface area contributed by atoms with Crippen LogP contribution in [0.5, 0.6) is 0 Å². The van der Waals surface area contributed by atoms with Crippen LogP contribution in [0.4, 0.5) is 0 Å². The first-order valence-corrected chi connectivity index (χ1v) is 3.90. The van der Waals surface area contributed by atoms with Crippen molar-refractivity contribution >= 4 is 0 Å². The zero-order chi connectivity index (χ0) is 10.9. The van der Waals surface area contributed by atoms with E-state index in [-0.39, 0.29) is 21.8 Å². The Morgan fingerprint density at radius 3 is 1.79 bits per heavy atom. The minimum absolute atomic E-state index is 0.0600. The normalized spacial score (nSPS) is 37.7. The molecule has 0 aromatic carbocycles. The van der Waals surface area contributed by atoms with Crippen LogP contribution < -0.4 is 0 Å². The number of ether oxygens (including phenoxy) is 1. The molecule has 1 aliphatic rings. The van der Waals surface area contributed by atoms with Gasteiger partial charge < -0.3 is 30.6 Å². The lowest BCUT2D eigenvalue weighted by Crippen LogP contribution is -2.69. The fraction of sp³-hybridized carbons (Fsp3) is 1.00. The quantitative estimate of drug-likeness (QED) is 0.351. The molecule has 0 aliphatic carbocycles. The summed E-state index contributed by atoms with van der Waals surface area (Å²) < 4.78 is 4.79. The van der Waals surface area contributed by atoms with Crippen LogP contribution >= 0.6 is 0 Å². The fourth-order valence-electron chi connectivity index (χ4n) is 1.01. The van der Waals surface area contributed by atoms with Crippen molar-refractivity contribution in [3.63, 3.8) is 0 Å². The van der Waals surface area contributed by atoms with Gasteiger partial charge in [0.1, 0.15) is 0 Å². The number of aliphatic hydroxyl groups excluding tert-OH is 2. The van der Waals surface area contributed by atoms with Crippen LogP contribution in [0, 0.1) is 0 Å². The summed E-state index contributed by atoms with van der Waals surface area (Å²) in [5.41, 5.74) is 0. The second kappa shape index (κ2) is 4.44. The highest BCUT2D eigenvalue weighted by Crippen LogP contribution is 2.19. The first kappa shape index (κ1) is 11.7. The molecule has 0 aromatic rings. The summed E-state index contributed by atoms with van der Waals surface area (Å²) in [6, 6.07) is 0. The van der Waals surface area contributed by atoms with Gasteiger partial charge in [0.2, 0.25) is 19.1 Å². The van der Waals surface area contributed by atoms with Gasteiger partial charge in [0.25, 0.3) is 0 Å². The van der Waals surface area contributed by atoms with E-state index in [4.69, 9.17) is 20.2 Å². The minimum Gasteiger partial charge on any atom is -0.362 e. The molecule has 84 valence electrons. The molecule has 0 radical (unpaired) electrons. The van der Waals surface area contributed by atoms with Gasteiger partial charge in [0.05, 0.1) is 0 Å². The van der Waals surface area contributed by atoms with Crippen molar-refractivity contribution in [3.8, 4) is 0 Å². The molecule has 1 heterocycles. The SMILES string of the molecule is CCOC1N(O)C(O)N(O)C(O)N1O. The zero-order valence-corrected chi connectivity index (χ0v) is 7.43. The third-order valence-corrected chi connectivity index (χ3v) is 1.71. The van der Waals surface area contributed by atoms with Crippen LogP contribution in [0.15, 0.2) is 0 Å². The molecular weight excluding hydrogens is 198 g/mol. The van der Waals surface area contributed by atoms with Crippen LogP contribution in [0.2, 0.25) is 0 Å². The highest BCUT2D eigenvalue weighted by atomic mass is 16.7. The molecule has 1 fully saturated rings. The Morgan fingerprint density at radius 1 is 1.00 bits per heavy atom. The Balaban J connectivity index is 2.75. The van der Waals surface area contributed by atoms with Gasteiger partial charge in [0, 0.05) is 6.61 Å². The monoisotopic (exact) mass is 211 g/mol. The summed E-state index contributed by atoms with van der Waals surface area (Å²) in [7, 11) is 0. The van der Waals surface area contributed by atoms with Crippen molar-refractivity contribution in [1.29, 1.82) is 0 Å². The van der Waals surface area contributed by atoms with E-state index in [0.717, 1.165) is 0 Å². The van der Waals surface area contributed by atoms with Gasteiger partial charge in [-0.2, -0.15) is 0 Å². The first-order chi connectivity index (χ1) is 6.50. The van der Waals surface area contributed by atoms with E-state index in [2.05, 4.69) is 0 Å². The molecule has 9 nitrogen and oxygen atoms in total. The molecule has 0 bridgehead atoms. The summed E-state index contributed by atoms with van der Waals surface area (Å²) in [6.07, 6.45) is -5.22. The molecule has 0 saturated carbocycles. The Morgan fingerprint density at radius 2 is 1.43 bits per heavy atom. The van der Waals surface area contributed by atoms with E-state index in [9.17, 15) is 10.4 Å². The fourth-order valence-corrected chi connectivity index (χ4v) is 1.01. The number of nitrogens with zero attached hydrogens (tertiary/aromatic N) is 3. The van der Waals surface area contributed by atoms with E-state index < -0.39 is 19.1 Å². The number of rotatable bonds is 2. The highest BCUT2D eigenvalue weighted by Gasteiger charge is 2.45. The predicted molar refractivity (Wildman–Crippen MR) is 38.3 cm³/mol. The van der Waals surface area contributed by atoms with Crippen molar-refractivity contribution in [2.45, 2.75) is 26.0 Å². The molecule has 1 aliphatic heterocycles. The molecule has 9 heteroatoms. The van der Waals surface area contributed by atoms with Crippen LogP contribution in [-0.2, 0) is 4.74 Å². The van der Waals surface area contributed by atoms with Crippen molar-refractivity contribution in [1.82, 2.24) is 15.2 Å². The maximum absolute atomic E-state index is 9.17. The van der Waals surface area contributed by atoms with Gasteiger partial charge in [-0.15, -0.1) is 15.2 Å². The minimum atomic E-state index is -1.88. The zero-order valence-electron chi connectivity index (χ0n) is 7.43. The van der Waals surface area contributed by atoms with Gasteiger partial charge in [-0.3, -0.25) is 0 Å². The van der Waals surface area contributed by atoms with E-state index in [1.807, 2.05) is 0 Å². The molecule has 2 atom stereocenters.